The summed E-state index contributed by atoms with van der Waals surface area (Å²) in [5.74, 6) is -0.188. The highest BCUT2D eigenvalue weighted by Crippen LogP contribution is 2.41. The minimum Gasteiger partial charge on any atom is -0.503 e. The Kier molecular flexibility index (Phi) is 7.21. The molecule has 1 aliphatic heterocycles. The molecule has 1 aliphatic rings. The van der Waals surface area contributed by atoms with Crippen LogP contribution in [-0.4, -0.2) is 49.6 Å². The van der Waals surface area contributed by atoms with E-state index in [2.05, 4.69) is 0 Å². The first-order valence-electron chi connectivity index (χ1n) is 12.2. The first kappa shape index (κ1) is 26.2. The Morgan fingerprint density at radius 3 is 2.21 bits per heavy atom. The molecule has 0 saturated carbocycles. The summed E-state index contributed by atoms with van der Waals surface area (Å²) >= 11 is 6.19. The van der Waals surface area contributed by atoms with Gasteiger partial charge in [0.05, 0.1) is 32.9 Å². The van der Waals surface area contributed by atoms with Gasteiger partial charge in [-0.2, -0.15) is 0 Å². The van der Waals surface area contributed by atoms with Crippen molar-refractivity contribution >= 4 is 34.3 Å². The summed E-state index contributed by atoms with van der Waals surface area (Å²) in [5, 5.41) is 12.0. The van der Waals surface area contributed by atoms with E-state index < -0.39 is 23.5 Å². The van der Waals surface area contributed by atoms with Crippen LogP contribution in [0.25, 0.3) is 11.0 Å². The predicted molar refractivity (Wildman–Crippen MR) is 146 cm³/mol. The van der Waals surface area contributed by atoms with E-state index >= 15 is 0 Å². The molecule has 0 saturated heterocycles. The summed E-state index contributed by atoms with van der Waals surface area (Å²) in [4.78, 5) is 28.7. The number of hydrogen-bond donors (Lipinski definition) is 1. The summed E-state index contributed by atoms with van der Waals surface area (Å²) in [6.07, 6.45) is 0.497. The lowest BCUT2D eigenvalue weighted by molar-refractivity contribution is -0.129. The fraction of sp³-hybridized carbons (Fsp3) is 0.200. The molecule has 1 N–H and O–H groups in total. The molecule has 9 heteroatoms. The topological polar surface area (TPSA) is 98.4 Å². The molecule has 4 aromatic rings. The summed E-state index contributed by atoms with van der Waals surface area (Å²) in [5.41, 5.74) is 1.89. The van der Waals surface area contributed by atoms with Crippen molar-refractivity contribution in [3.8, 4) is 17.2 Å². The van der Waals surface area contributed by atoms with Crippen LogP contribution in [0.2, 0.25) is 5.02 Å². The molecule has 1 aromatic heterocycles. The first-order valence-corrected chi connectivity index (χ1v) is 12.5. The summed E-state index contributed by atoms with van der Waals surface area (Å²) in [6, 6.07) is 18.4. The third-order valence-electron chi connectivity index (χ3n) is 6.77. The van der Waals surface area contributed by atoms with Crippen molar-refractivity contribution in [2.24, 2.45) is 0 Å². The Morgan fingerprint density at radius 1 is 0.949 bits per heavy atom. The van der Waals surface area contributed by atoms with Gasteiger partial charge >= 0.3 is 0 Å². The fourth-order valence-corrected chi connectivity index (χ4v) is 4.99. The van der Waals surface area contributed by atoms with Gasteiger partial charge in [0.2, 0.25) is 5.78 Å². The minimum atomic E-state index is -0.840. The number of methoxy groups -OCH3 is 3. The third-order valence-corrected chi connectivity index (χ3v) is 6.99. The fourth-order valence-electron chi connectivity index (χ4n) is 4.77. The molecule has 1 atom stereocenters. The molecule has 0 radical (unpaired) electrons. The van der Waals surface area contributed by atoms with E-state index in [1.165, 1.54) is 18.1 Å². The molecule has 3 aromatic carbocycles. The molecular formula is C30H26ClNO7. The lowest BCUT2D eigenvalue weighted by Crippen LogP contribution is -2.33. The molecule has 39 heavy (non-hydrogen) atoms. The third kappa shape index (κ3) is 4.91. The van der Waals surface area contributed by atoms with Crippen LogP contribution in [0.4, 0.5) is 0 Å². The number of carbonyl (C=O) groups is 2. The zero-order chi connectivity index (χ0) is 27.7. The van der Waals surface area contributed by atoms with Crippen molar-refractivity contribution in [2.45, 2.75) is 12.5 Å². The lowest BCUT2D eigenvalue weighted by atomic mass is 9.94. The van der Waals surface area contributed by atoms with Crippen molar-refractivity contribution in [3.63, 3.8) is 0 Å². The molecule has 1 unspecified atom stereocenters. The van der Waals surface area contributed by atoms with Gasteiger partial charge in [-0.25, -0.2) is 0 Å². The average molecular weight is 548 g/mol. The second-order valence-corrected chi connectivity index (χ2v) is 9.44. The number of halogens is 1. The first-order chi connectivity index (χ1) is 18.8. The zero-order valence-corrected chi connectivity index (χ0v) is 22.3. The van der Waals surface area contributed by atoms with E-state index in [1.807, 2.05) is 24.3 Å². The quantitative estimate of drug-likeness (QED) is 0.259. The van der Waals surface area contributed by atoms with Crippen molar-refractivity contribution in [2.75, 3.05) is 27.9 Å². The van der Waals surface area contributed by atoms with Gasteiger partial charge in [-0.05, 0) is 53.9 Å². The maximum atomic E-state index is 13.9. The monoisotopic (exact) mass is 547 g/mol. The standard InChI is InChI=1S/C30H26ClNO7/c1-36-21-8-4-17(5-9-21)12-13-32-26(18-6-10-22(37-2)11-7-18)25(28(34)30(32)35)27(33)23-15-19-14-20(31)16-24(38-3)29(19)39-23/h4-11,14-16,26,34H,12-13H2,1-3H3. The van der Waals surface area contributed by atoms with E-state index in [4.69, 9.17) is 30.2 Å². The summed E-state index contributed by atoms with van der Waals surface area (Å²) < 4.78 is 21.7. The summed E-state index contributed by atoms with van der Waals surface area (Å²) in [7, 11) is 4.62. The Morgan fingerprint density at radius 2 is 1.59 bits per heavy atom. The molecule has 0 fully saturated rings. The van der Waals surface area contributed by atoms with E-state index in [0.29, 0.717) is 39.5 Å². The van der Waals surface area contributed by atoms with Crippen LogP contribution in [-0.2, 0) is 11.2 Å². The maximum Gasteiger partial charge on any atom is 0.290 e. The molecule has 8 nitrogen and oxygen atoms in total. The number of carbonyl (C=O) groups excluding carboxylic acids is 2. The lowest BCUT2D eigenvalue weighted by Gasteiger charge is -2.27. The highest BCUT2D eigenvalue weighted by Gasteiger charge is 2.44. The Balaban J connectivity index is 1.53. The number of fused-ring (bicyclic) bond motifs is 1. The van der Waals surface area contributed by atoms with Crippen LogP contribution in [0.15, 0.2) is 82.5 Å². The molecule has 5 rings (SSSR count). The molecule has 2 heterocycles. The number of benzene rings is 3. The van der Waals surface area contributed by atoms with E-state index in [-0.39, 0.29) is 17.9 Å². The Hall–Kier alpha value is -4.43. The van der Waals surface area contributed by atoms with Crippen molar-refractivity contribution in [3.05, 3.63) is 100.0 Å². The van der Waals surface area contributed by atoms with Crippen LogP contribution in [0.3, 0.4) is 0 Å². The van der Waals surface area contributed by atoms with Crippen LogP contribution >= 0.6 is 11.6 Å². The van der Waals surface area contributed by atoms with Crippen molar-refractivity contribution < 1.29 is 33.3 Å². The number of hydrogen-bond acceptors (Lipinski definition) is 7. The van der Waals surface area contributed by atoms with E-state index in [1.54, 1.807) is 50.6 Å². The second kappa shape index (κ2) is 10.7. The van der Waals surface area contributed by atoms with Gasteiger partial charge in [0.15, 0.2) is 22.9 Å². The minimum absolute atomic E-state index is 0.0459. The number of aliphatic hydroxyl groups excluding tert-OH is 1. The number of aliphatic hydroxyl groups is 1. The number of ether oxygens (including phenoxy) is 3. The number of furan rings is 1. The summed E-state index contributed by atoms with van der Waals surface area (Å²) in [6.45, 7) is 0.256. The molecule has 0 bridgehead atoms. The molecule has 0 spiro atoms. The highest BCUT2D eigenvalue weighted by molar-refractivity contribution is 6.31. The van der Waals surface area contributed by atoms with Crippen molar-refractivity contribution in [1.29, 1.82) is 0 Å². The zero-order valence-electron chi connectivity index (χ0n) is 21.6. The van der Waals surface area contributed by atoms with Crippen LogP contribution in [0.5, 0.6) is 17.2 Å². The number of Topliss-reactive ketones (excluding diaryl/α,β-unsaturated/α-hetero) is 1. The Labute approximate surface area is 229 Å². The number of ketones is 1. The van der Waals surface area contributed by atoms with E-state index in [0.717, 1.165) is 11.3 Å². The smallest absolute Gasteiger partial charge is 0.290 e. The van der Waals surface area contributed by atoms with Crippen LogP contribution < -0.4 is 14.2 Å². The van der Waals surface area contributed by atoms with Gasteiger partial charge in [0.1, 0.15) is 11.5 Å². The molecule has 1 amide bonds. The van der Waals surface area contributed by atoms with Crippen LogP contribution in [0.1, 0.15) is 27.7 Å². The molecular weight excluding hydrogens is 522 g/mol. The normalized spacial score (nSPS) is 15.2. The van der Waals surface area contributed by atoms with Gasteiger partial charge in [-0.3, -0.25) is 9.59 Å². The predicted octanol–water partition coefficient (Wildman–Crippen LogP) is 5.93. The highest BCUT2D eigenvalue weighted by atomic mass is 35.5. The van der Waals surface area contributed by atoms with Gasteiger partial charge < -0.3 is 28.6 Å². The van der Waals surface area contributed by atoms with Gasteiger partial charge in [-0.15, -0.1) is 0 Å². The number of nitrogens with zero attached hydrogens (tertiary/aromatic N) is 1. The number of amides is 1. The molecule has 200 valence electrons. The van der Waals surface area contributed by atoms with Gasteiger partial charge in [0.25, 0.3) is 5.91 Å². The second-order valence-electron chi connectivity index (χ2n) is 9.00. The van der Waals surface area contributed by atoms with Gasteiger partial charge in [-0.1, -0.05) is 35.9 Å². The van der Waals surface area contributed by atoms with Gasteiger partial charge in [0, 0.05) is 23.0 Å². The SMILES string of the molecule is COc1ccc(CCN2C(=O)C(O)=C(C(=O)c3cc4cc(Cl)cc(OC)c4o3)C2c2ccc(OC)cc2)cc1. The largest absolute Gasteiger partial charge is 0.503 e. The van der Waals surface area contributed by atoms with Crippen molar-refractivity contribution in [1.82, 2.24) is 4.90 Å². The van der Waals surface area contributed by atoms with E-state index in [9.17, 15) is 14.7 Å². The Bertz CT molecular complexity index is 1570. The average Bonchev–Trinajstić information content (AvgIpc) is 3.50. The van der Waals surface area contributed by atoms with Crippen LogP contribution in [0, 0.1) is 0 Å². The number of rotatable bonds is 9. The molecule has 0 aliphatic carbocycles. The maximum absolute atomic E-state index is 13.9.